The third-order valence-electron chi connectivity index (χ3n) is 2.54. The Kier molecular flexibility index (Phi) is 10.5. The SMILES string of the molecule is C=CC(=O)SC(CCCC)CSc1nnc(SCCC)s1. The lowest BCUT2D eigenvalue weighted by Crippen LogP contribution is -2.09. The van der Waals surface area contributed by atoms with Crippen molar-refractivity contribution >= 4 is 51.7 Å². The van der Waals surface area contributed by atoms with Crippen LogP contribution in [0.15, 0.2) is 21.3 Å². The van der Waals surface area contributed by atoms with Crippen molar-refractivity contribution in [1.82, 2.24) is 10.2 Å². The molecule has 1 atom stereocenters. The Morgan fingerprint density at radius 2 is 2.00 bits per heavy atom. The molecule has 0 bridgehead atoms. The van der Waals surface area contributed by atoms with Crippen LogP contribution in [0.25, 0.3) is 0 Å². The fourth-order valence-corrected chi connectivity index (χ4v) is 5.61. The van der Waals surface area contributed by atoms with Gasteiger partial charge in [-0.1, -0.05) is 79.9 Å². The van der Waals surface area contributed by atoms with E-state index in [0.717, 1.165) is 45.9 Å². The highest BCUT2D eigenvalue weighted by atomic mass is 32.2. The molecule has 0 N–H and O–H groups in total. The second-order valence-electron chi connectivity index (χ2n) is 4.40. The number of carbonyl (C=O) groups is 1. The molecule has 1 rings (SSSR count). The molecule has 1 aromatic rings. The third kappa shape index (κ3) is 8.28. The number of thioether (sulfide) groups is 3. The normalized spacial score (nSPS) is 12.3. The van der Waals surface area contributed by atoms with Crippen LogP contribution in [0.5, 0.6) is 0 Å². The quantitative estimate of drug-likeness (QED) is 0.401. The minimum Gasteiger partial charge on any atom is -0.282 e. The van der Waals surface area contributed by atoms with Gasteiger partial charge in [0.1, 0.15) is 0 Å². The van der Waals surface area contributed by atoms with Crippen LogP contribution in [-0.4, -0.2) is 32.1 Å². The summed E-state index contributed by atoms with van der Waals surface area (Å²) in [6.07, 6.45) is 5.91. The molecule has 1 unspecified atom stereocenters. The van der Waals surface area contributed by atoms with Gasteiger partial charge in [0.25, 0.3) is 0 Å². The van der Waals surface area contributed by atoms with E-state index in [2.05, 4.69) is 30.6 Å². The van der Waals surface area contributed by atoms with E-state index in [1.807, 2.05) is 0 Å². The van der Waals surface area contributed by atoms with E-state index in [1.165, 1.54) is 17.8 Å². The summed E-state index contributed by atoms with van der Waals surface area (Å²) >= 11 is 6.52. The van der Waals surface area contributed by atoms with E-state index in [4.69, 9.17) is 0 Å². The Hall–Kier alpha value is 0.0200. The van der Waals surface area contributed by atoms with E-state index in [1.54, 1.807) is 34.9 Å². The second kappa shape index (κ2) is 11.6. The molecule has 0 aliphatic carbocycles. The first-order chi connectivity index (χ1) is 10.2. The van der Waals surface area contributed by atoms with Crippen LogP contribution in [0, 0.1) is 0 Å². The number of rotatable bonds is 11. The van der Waals surface area contributed by atoms with Crippen molar-refractivity contribution in [2.45, 2.75) is 53.5 Å². The van der Waals surface area contributed by atoms with Gasteiger partial charge in [0, 0.05) is 16.8 Å². The molecule has 3 nitrogen and oxygen atoms in total. The molecule has 0 amide bonds. The number of aromatic nitrogens is 2. The summed E-state index contributed by atoms with van der Waals surface area (Å²) in [5.41, 5.74) is 0. The molecule has 0 radical (unpaired) electrons. The number of unbranched alkanes of at least 4 members (excludes halogenated alkanes) is 1. The smallest absolute Gasteiger partial charge is 0.211 e. The van der Waals surface area contributed by atoms with E-state index in [0.29, 0.717) is 5.25 Å². The zero-order chi connectivity index (χ0) is 15.5. The van der Waals surface area contributed by atoms with Crippen LogP contribution in [-0.2, 0) is 4.79 Å². The summed E-state index contributed by atoms with van der Waals surface area (Å²) in [4.78, 5) is 11.5. The average Bonchev–Trinajstić information content (AvgIpc) is 2.95. The summed E-state index contributed by atoms with van der Waals surface area (Å²) in [6.45, 7) is 7.88. The molecule has 0 aliphatic rings. The molecule has 7 heteroatoms. The van der Waals surface area contributed by atoms with Gasteiger partial charge in [0.15, 0.2) is 8.68 Å². The molecule has 0 aliphatic heterocycles. The molecular formula is C14H22N2OS4. The Labute approximate surface area is 144 Å². The van der Waals surface area contributed by atoms with Crippen molar-refractivity contribution in [1.29, 1.82) is 0 Å². The second-order valence-corrected chi connectivity index (χ2v) is 9.29. The maximum absolute atomic E-state index is 11.5. The largest absolute Gasteiger partial charge is 0.282 e. The van der Waals surface area contributed by atoms with Gasteiger partial charge in [0.2, 0.25) is 5.12 Å². The Morgan fingerprint density at radius 3 is 2.62 bits per heavy atom. The zero-order valence-corrected chi connectivity index (χ0v) is 15.8. The molecule has 21 heavy (non-hydrogen) atoms. The topological polar surface area (TPSA) is 42.9 Å². The van der Waals surface area contributed by atoms with Crippen molar-refractivity contribution in [3.63, 3.8) is 0 Å². The number of hydrogen-bond acceptors (Lipinski definition) is 7. The first kappa shape index (κ1) is 19.1. The van der Waals surface area contributed by atoms with Gasteiger partial charge >= 0.3 is 0 Å². The maximum atomic E-state index is 11.5. The van der Waals surface area contributed by atoms with Crippen LogP contribution < -0.4 is 0 Å². The predicted molar refractivity (Wildman–Crippen MR) is 97.8 cm³/mol. The number of nitrogens with zero attached hydrogens (tertiary/aromatic N) is 2. The van der Waals surface area contributed by atoms with Crippen LogP contribution in [0.3, 0.4) is 0 Å². The van der Waals surface area contributed by atoms with E-state index in [9.17, 15) is 4.79 Å². The molecule has 0 aromatic carbocycles. The van der Waals surface area contributed by atoms with Crippen molar-refractivity contribution < 1.29 is 4.79 Å². The molecule has 1 aromatic heterocycles. The van der Waals surface area contributed by atoms with Gasteiger partial charge in [-0.05, 0) is 18.9 Å². The molecule has 118 valence electrons. The third-order valence-corrected chi connectivity index (χ3v) is 7.44. The summed E-state index contributed by atoms with van der Waals surface area (Å²) in [5, 5.41) is 8.80. The van der Waals surface area contributed by atoms with Crippen LogP contribution in [0.2, 0.25) is 0 Å². The number of hydrogen-bond donors (Lipinski definition) is 0. The minimum absolute atomic E-state index is 0.0631. The van der Waals surface area contributed by atoms with Crippen LogP contribution >= 0.6 is 46.6 Å². The van der Waals surface area contributed by atoms with Gasteiger partial charge in [-0.25, -0.2) is 0 Å². The molecular weight excluding hydrogens is 340 g/mol. The number of carbonyl (C=O) groups excluding carboxylic acids is 1. The lowest BCUT2D eigenvalue weighted by molar-refractivity contribution is -0.107. The highest BCUT2D eigenvalue weighted by molar-refractivity contribution is 8.15. The van der Waals surface area contributed by atoms with Crippen LogP contribution in [0.4, 0.5) is 0 Å². The monoisotopic (exact) mass is 362 g/mol. The van der Waals surface area contributed by atoms with Gasteiger partial charge in [-0.3, -0.25) is 4.79 Å². The lowest BCUT2D eigenvalue weighted by Gasteiger charge is -2.12. The fraction of sp³-hybridized carbons (Fsp3) is 0.643. The maximum Gasteiger partial charge on any atom is 0.211 e. The summed E-state index contributed by atoms with van der Waals surface area (Å²) < 4.78 is 2.04. The van der Waals surface area contributed by atoms with Crippen molar-refractivity contribution in [2.75, 3.05) is 11.5 Å². The molecule has 1 heterocycles. The average molecular weight is 363 g/mol. The fourth-order valence-electron chi connectivity index (χ4n) is 1.49. The van der Waals surface area contributed by atoms with Gasteiger partial charge in [-0.2, -0.15) is 0 Å². The van der Waals surface area contributed by atoms with Crippen LogP contribution in [0.1, 0.15) is 39.5 Å². The first-order valence-electron chi connectivity index (χ1n) is 7.11. The Balaban J connectivity index is 2.44. The zero-order valence-electron chi connectivity index (χ0n) is 12.5. The standard InChI is InChI=1S/C14H22N2OS4/c1-4-7-8-11(20-12(17)6-3)10-19-14-16-15-13(21-14)18-9-5-2/h6,11H,3-5,7-10H2,1-2H3. The Bertz CT molecular complexity index is 436. The highest BCUT2D eigenvalue weighted by Crippen LogP contribution is 2.32. The predicted octanol–water partition coefficient (Wildman–Crippen LogP) is 5.14. The Morgan fingerprint density at radius 1 is 1.29 bits per heavy atom. The van der Waals surface area contributed by atoms with Crippen molar-refractivity contribution in [3.8, 4) is 0 Å². The van der Waals surface area contributed by atoms with E-state index in [-0.39, 0.29) is 5.12 Å². The molecule has 0 fully saturated rings. The lowest BCUT2D eigenvalue weighted by atomic mass is 10.2. The molecule has 0 spiro atoms. The van der Waals surface area contributed by atoms with Crippen molar-refractivity contribution in [2.24, 2.45) is 0 Å². The highest BCUT2D eigenvalue weighted by Gasteiger charge is 2.15. The first-order valence-corrected chi connectivity index (χ1v) is 10.8. The van der Waals surface area contributed by atoms with E-state index >= 15 is 0 Å². The van der Waals surface area contributed by atoms with Gasteiger partial charge < -0.3 is 0 Å². The summed E-state index contributed by atoms with van der Waals surface area (Å²) in [7, 11) is 0. The van der Waals surface area contributed by atoms with E-state index < -0.39 is 0 Å². The van der Waals surface area contributed by atoms with Gasteiger partial charge in [-0.15, -0.1) is 10.2 Å². The van der Waals surface area contributed by atoms with Crippen molar-refractivity contribution in [3.05, 3.63) is 12.7 Å². The minimum atomic E-state index is 0.0631. The summed E-state index contributed by atoms with van der Waals surface area (Å²) in [5.74, 6) is 1.99. The van der Waals surface area contributed by atoms with Gasteiger partial charge in [0.05, 0.1) is 0 Å². The molecule has 0 saturated heterocycles. The molecule has 0 saturated carbocycles. The summed E-state index contributed by atoms with van der Waals surface area (Å²) in [6, 6.07) is 0.